The number of benzene rings is 1. The van der Waals surface area contributed by atoms with Crippen LogP contribution in [0.25, 0.3) is 0 Å². The van der Waals surface area contributed by atoms with Crippen molar-refractivity contribution in [3.8, 4) is 0 Å². The van der Waals surface area contributed by atoms with Crippen LogP contribution in [0.3, 0.4) is 0 Å². The van der Waals surface area contributed by atoms with Gasteiger partial charge in [0.25, 0.3) is 0 Å². The van der Waals surface area contributed by atoms with Crippen molar-refractivity contribution in [1.82, 2.24) is 5.32 Å². The Bertz CT molecular complexity index is 396. The molecule has 3 atom stereocenters. The van der Waals surface area contributed by atoms with E-state index in [2.05, 4.69) is 28.2 Å². The Morgan fingerprint density at radius 1 is 1.32 bits per heavy atom. The molecule has 0 spiro atoms. The van der Waals surface area contributed by atoms with Crippen molar-refractivity contribution in [2.24, 2.45) is 5.92 Å². The van der Waals surface area contributed by atoms with E-state index >= 15 is 0 Å². The van der Waals surface area contributed by atoms with Gasteiger partial charge < -0.3 is 10.4 Å². The molecule has 0 bridgehead atoms. The fourth-order valence-corrected chi connectivity index (χ4v) is 3.22. The molecule has 19 heavy (non-hydrogen) atoms. The quantitative estimate of drug-likeness (QED) is 0.819. The first-order valence-corrected chi connectivity index (χ1v) is 8.11. The highest BCUT2D eigenvalue weighted by molar-refractivity contribution is 9.10. The van der Waals surface area contributed by atoms with Crippen LogP contribution in [0.4, 0.5) is 0 Å². The first-order chi connectivity index (χ1) is 9.15. The van der Waals surface area contributed by atoms with E-state index in [0.29, 0.717) is 12.6 Å². The lowest BCUT2D eigenvalue weighted by molar-refractivity contribution is 0.168. The van der Waals surface area contributed by atoms with Gasteiger partial charge in [0.05, 0.1) is 6.10 Å². The minimum absolute atomic E-state index is 0.418. The van der Waals surface area contributed by atoms with E-state index in [0.717, 1.165) is 16.0 Å². The Morgan fingerprint density at radius 2 is 2.16 bits per heavy atom. The van der Waals surface area contributed by atoms with Gasteiger partial charge in [-0.2, -0.15) is 0 Å². The van der Waals surface area contributed by atoms with Gasteiger partial charge in [-0.15, -0.1) is 0 Å². The van der Waals surface area contributed by atoms with Crippen LogP contribution in [0.2, 0.25) is 0 Å². The largest absolute Gasteiger partial charge is 0.387 e. The number of aliphatic hydroxyl groups excluding tert-OH is 1. The summed E-state index contributed by atoms with van der Waals surface area (Å²) in [5.74, 6) is 0.863. The standard InChI is InChI=1S/C16H24BrNO/c1-12-4-2-7-15(9-8-12)18-11-16(19)13-5-3-6-14(17)10-13/h3,5-6,10,12,15-16,18-19H,2,4,7-9,11H2,1H3. The second kappa shape index (κ2) is 7.41. The van der Waals surface area contributed by atoms with E-state index in [9.17, 15) is 5.11 Å². The average Bonchev–Trinajstić information content (AvgIpc) is 2.61. The Hall–Kier alpha value is -0.380. The Labute approximate surface area is 124 Å². The zero-order valence-electron chi connectivity index (χ0n) is 11.6. The van der Waals surface area contributed by atoms with Crippen LogP contribution < -0.4 is 5.32 Å². The minimum atomic E-state index is -0.418. The molecule has 1 aromatic rings. The van der Waals surface area contributed by atoms with Crippen molar-refractivity contribution in [1.29, 1.82) is 0 Å². The zero-order chi connectivity index (χ0) is 13.7. The van der Waals surface area contributed by atoms with Crippen LogP contribution in [0, 0.1) is 5.92 Å². The molecule has 0 saturated heterocycles. The van der Waals surface area contributed by atoms with Gasteiger partial charge in [-0.1, -0.05) is 47.8 Å². The van der Waals surface area contributed by atoms with Crippen LogP contribution >= 0.6 is 15.9 Å². The number of hydrogen-bond donors (Lipinski definition) is 2. The van der Waals surface area contributed by atoms with Crippen molar-refractivity contribution >= 4 is 15.9 Å². The summed E-state index contributed by atoms with van der Waals surface area (Å²) in [6.07, 6.45) is 6.04. The highest BCUT2D eigenvalue weighted by atomic mass is 79.9. The molecule has 3 heteroatoms. The van der Waals surface area contributed by atoms with Crippen molar-refractivity contribution in [2.45, 2.75) is 51.2 Å². The first kappa shape index (κ1) is 15.0. The summed E-state index contributed by atoms with van der Waals surface area (Å²) in [6, 6.07) is 8.49. The number of hydrogen-bond acceptors (Lipinski definition) is 2. The van der Waals surface area contributed by atoms with E-state index in [1.807, 2.05) is 24.3 Å². The van der Waals surface area contributed by atoms with E-state index < -0.39 is 6.10 Å². The molecule has 106 valence electrons. The predicted molar refractivity (Wildman–Crippen MR) is 83.1 cm³/mol. The van der Waals surface area contributed by atoms with Crippen molar-refractivity contribution in [3.05, 3.63) is 34.3 Å². The zero-order valence-corrected chi connectivity index (χ0v) is 13.2. The Balaban J connectivity index is 1.81. The van der Waals surface area contributed by atoms with Crippen LogP contribution in [0.15, 0.2) is 28.7 Å². The number of rotatable bonds is 4. The highest BCUT2D eigenvalue weighted by Gasteiger charge is 2.17. The lowest BCUT2D eigenvalue weighted by Crippen LogP contribution is -2.32. The molecule has 1 aliphatic carbocycles. The molecule has 1 fully saturated rings. The van der Waals surface area contributed by atoms with Crippen LogP contribution in [0.5, 0.6) is 0 Å². The van der Waals surface area contributed by atoms with E-state index in [-0.39, 0.29) is 0 Å². The summed E-state index contributed by atoms with van der Waals surface area (Å²) in [6.45, 7) is 2.99. The third-order valence-corrected chi connectivity index (χ3v) is 4.58. The third kappa shape index (κ3) is 4.90. The summed E-state index contributed by atoms with van der Waals surface area (Å²) < 4.78 is 1.02. The Kier molecular flexibility index (Phi) is 5.86. The number of aliphatic hydroxyl groups is 1. The lowest BCUT2D eigenvalue weighted by atomic mass is 10.0. The normalized spacial score (nSPS) is 25.8. The second-order valence-corrected chi connectivity index (χ2v) is 6.71. The maximum absolute atomic E-state index is 10.2. The third-order valence-electron chi connectivity index (χ3n) is 4.09. The van der Waals surface area contributed by atoms with Gasteiger partial charge in [0.2, 0.25) is 0 Å². The van der Waals surface area contributed by atoms with Gasteiger partial charge in [0.1, 0.15) is 0 Å². The van der Waals surface area contributed by atoms with Crippen LogP contribution in [-0.4, -0.2) is 17.7 Å². The molecule has 3 unspecified atom stereocenters. The molecule has 2 nitrogen and oxygen atoms in total. The molecule has 2 N–H and O–H groups in total. The van der Waals surface area contributed by atoms with E-state index in [1.54, 1.807) is 0 Å². The smallest absolute Gasteiger partial charge is 0.0914 e. The fraction of sp³-hybridized carbons (Fsp3) is 0.625. The molecule has 2 rings (SSSR count). The number of nitrogens with one attached hydrogen (secondary N) is 1. The molecule has 0 aromatic heterocycles. The summed E-state index contributed by atoms with van der Waals surface area (Å²) in [5.41, 5.74) is 0.976. The maximum atomic E-state index is 10.2. The minimum Gasteiger partial charge on any atom is -0.387 e. The van der Waals surface area contributed by atoms with E-state index in [1.165, 1.54) is 32.1 Å². The molecule has 0 amide bonds. The first-order valence-electron chi connectivity index (χ1n) is 7.32. The molecule has 0 radical (unpaired) electrons. The summed E-state index contributed by atoms with van der Waals surface area (Å²) >= 11 is 3.44. The van der Waals surface area contributed by atoms with Gasteiger partial charge in [0, 0.05) is 17.1 Å². The molecule has 1 saturated carbocycles. The summed E-state index contributed by atoms with van der Waals surface area (Å²) in [5, 5.41) is 13.7. The maximum Gasteiger partial charge on any atom is 0.0914 e. The summed E-state index contributed by atoms with van der Waals surface area (Å²) in [4.78, 5) is 0. The molecule has 1 aliphatic rings. The molecular formula is C16H24BrNO. The van der Waals surface area contributed by atoms with Gasteiger partial charge in [-0.25, -0.2) is 0 Å². The lowest BCUT2D eigenvalue weighted by Gasteiger charge is -2.19. The summed E-state index contributed by atoms with van der Waals surface area (Å²) in [7, 11) is 0. The van der Waals surface area contributed by atoms with E-state index in [4.69, 9.17) is 0 Å². The topological polar surface area (TPSA) is 32.3 Å². The molecule has 1 aromatic carbocycles. The monoisotopic (exact) mass is 325 g/mol. The molecule has 0 aliphatic heterocycles. The number of halogens is 1. The van der Waals surface area contributed by atoms with Gasteiger partial charge >= 0.3 is 0 Å². The predicted octanol–water partition coefficient (Wildman–Crippen LogP) is 4.04. The van der Waals surface area contributed by atoms with Crippen molar-refractivity contribution in [3.63, 3.8) is 0 Å². The highest BCUT2D eigenvalue weighted by Crippen LogP contribution is 2.23. The van der Waals surface area contributed by atoms with Crippen molar-refractivity contribution < 1.29 is 5.11 Å². The van der Waals surface area contributed by atoms with Gasteiger partial charge in [-0.3, -0.25) is 0 Å². The second-order valence-electron chi connectivity index (χ2n) is 5.79. The SMILES string of the molecule is CC1CCCC(NCC(O)c2cccc(Br)c2)CC1. The van der Waals surface area contributed by atoms with Gasteiger partial charge in [-0.05, 0) is 42.9 Å². The van der Waals surface area contributed by atoms with Crippen LogP contribution in [0.1, 0.15) is 50.7 Å². The average molecular weight is 326 g/mol. The van der Waals surface area contributed by atoms with Gasteiger partial charge in [0.15, 0.2) is 0 Å². The fourth-order valence-electron chi connectivity index (χ4n) is 2.80. The van der Waals surface area contributed by atoms with Crippen molar-refractivity contribution in [2.75, 3.05) is 6.54 Å². The molecule has 0 heterocycles. The van der Waals surface area contributed by atoms with Crippen LogP contribution in [-0.2, 0) is 0 Å². The Morgan fingerprint density at radius 3 is 2.95 bits per heavy atom. The molecular weight excluding hydrogens is 302 g/mol.